The van der Waals surface area contributed by atoms with Crippen LogP contribution < -0.4 is 16.0 Å². The SMILES string of the molecule is CC1=C(CCC(=O)O)/C(=C/c2[nH]c(/C=C3\NC(O)[C@H](C)[C@H]3[C@@H]3CS3)c(C)c2CCC(=O)O)NC1C[C@H]1NC(=O)C(/C=C\S)=C1C. The third-order valence-corrected chi connectivity index (χ3v) is 10.7. The Labute approximate surface area is 273 Å². The Hall–Kier alpha value is -3.35. The number of hydrogen-bond donors (Lipinski definition) is 8. The Morgan fingerprint density at radius 3 is 2.29 bits per heavy atom. The number of aliphatic carboxylic acids is 2. The van der Waals surface area contributed by atoms with E-state index in [1.807, 2.05) is 44.7 Å². The number of carbonyl (C=O) groups is 3. The van der Waals surface area contributed by atoms with Crippen LogP contribution in [-0.2, 0) is 20.8 Å². The first-order valence-corrected chi connectivity index (χ1v) is 16.9. The second-order valence-electron chi connectivity index (χ2n) is 12.4. The van der Waals surface area contributed by atoms with Crippen LogP contribution in [0.3, 0.4) is 0 Å². The van der Waals surface area contributed by atoms with Crippen molar-refractivity contribution in [3.8, 4) is 0 Å². The van der Waals surface area contributed by atoms with Gasteiger partial charge >= 0.3 is 11.9 Å². The first-order valence-electron chi connectivity index (χ1n) is 15.3. The van der Waals surface area contributed by atoms with Gasteiger partial charge in [-0.2, -0.15) is 24.4 Å². The van der Waals surface area contributed by atoms with Gasteiger partial charge in [0.1, 0.15) is 6.23 Å². The number of thiol groups is 1. The van der Waals surface area contributed by atoms with Gasteiger partial charge in [-0.05, 0) is 91.5 Å². The molecule has 1 aromatic rings. The van der Waals surface area contributed by atoms with Crippen LogP contribution in [0.25, 0.3) is 12.2 Å². The van der Waals surface area contributed by atoms with Crippen LogP contribution in [0.1, 0.15) is 69.0 Å². The maximum absolute atomic E-state index is 12.6. The highest BCUT2D eigenvalue weighted by atomic mass is 32.2. The first-order chi connectivity index (χ1) is 21.4. The number of thioether (sulfide) groups is 1. The monoisotopic (exact) mass is 654 g/mol. The van der Waals surface area contributed by atoms with E-state index < -0.39 is 18.2 Å². The van der Waals surface area contributed by atoms with Crippen molar-refractivity contribution in [3.63, 3.8) is 0 Å². The van der Waals surface area contributed by atoms with Crippen LogP contribution in [-0.4, -0.2) is 67.5 Å². The molecule has 4 aliphatic rings. The quantitative estimate of drug-likeness (QED) is 0.122. The molecule has 5 rings (SSSR count). The van der Waals surface area contributed by atoms with E-state index in [4.69, 9.17) is 0 Å². The van der Waals surface area contributed by atoms with Crippen LogP contribution in [0, 0.1) is 18.8 Å². The highest BCUT2D eigenvalue weighted by Crippen LogP contribution is 2.47. The number of H-pyrrole nitrogens is 1. The van der Waals surface area contributed by atoms with E-state index in [0.29, 0.717) is 30.1 Å². The van der Waals surface area contributed by atoms with Gasteiger partial charge in [-0.1, -0.05) is 6.92 Å². The van der Waals surface area contributed by atoms with Crippen LogP contribution in [0.2, 0.25) is 0 Å². The lowest BCUT2D eigenvalue weighted by Crippen LogP contribution is -2.36. The van der Waals surface area contributed by atoms with Crippen LogP contribution in [0.15, 0.2) is 45.2 Å². The van der Waals surface area contributed by atoms with Crippen molar-refractivity contribution in [3.05, 3.63) is 67.7 Å². The van der Waals surface area contributed by atoms with E-state index in [1.165, 1.54) is 0 Å². The molecule has 0 saturated carbocycles. The summed E-state index contributed by atoms with van der Waals surface area (Å²) in [5, 5.41) is 41.5. The fourth-order valence-electron chi connectivity index (χ4n) is 6.82. The Balaban J connectivity index is 1.50. The molecular formula is C33H42N4O6S2. The van der Waals surface area contributed by atoms with Gasteiger partial charge in [-0.25, -0.2) is 0 Å². The first kappa shape index (κ1) is 33.0. The minimum absolute atomic E-state index is 0.0336. The molecule has 10 nitrogen and oxygen atoms in total. The van der Waals surface area contributed by atoms with Crippen LogP contribution in [0.5, 0.6) is 0 Å². The maximum Gasteiger partial charge on any atom is 0.303 e. The predicted molar refractivity (Wildman–Crippen MR) is 179 cm³/mol. The molecule has 242 valence electrons. The number of aromatic nitrogens is 1. The zero-order valence-electron chi connectivity index (χ0n) is 25.9. The molecule has 0 spiro atoms. The number of allylic oxidation sites excluding steroid dienone is 2. The minimum atomic E-state index is -0.890. The molecule has 6 atom stereocenters. The summed E-state index contributed by atoms with van der Waals surface area (Å²) in [5.41, 5.74) is 8.65. The largest absolute Gasteiger partial charge is 0.481 e. The summed E-state index contributed by atoms with van der Waals surface area (Å²) >= 11 is 6.01. The minimum Gasteiger partial charge on any atom is -0.481 e. The number of hydrogen-bond acceptors (Lipinski definition) is 8. The van der Waals surface area contributed by atoms with Gasteiger partial charge in [0.2, 0.25) is 0 Å². The van der Waals surface area contributed by atoms with E-state index in [-0.39, 0.29) is 42.7 Å². The molecule has 2 saturated heterocycles. The van der Waals surface area contributed by atoms with Gasteiger partial charge in [-0.15, -0.1) is 0 Å². The van der Waals surface area contributed by atoms with Crippen LogP contribution >= 0.6 is 24.4 Å². The highest BCUT2D eigenvalue weighted by Gasteiger charge is 2.45. The molecule has 0 bridgehead atoms. The summed E-state index contributed by atoms with van der Waals surface area (Å²) < 4.78 is 0. The zero-order chi connectivity index (χ0) is 32.6. The smallest absolute Gasteiger partial charge is 0.303 e. The van der Waals surface area contributed by atoms with Gasteiger partial charge in [0.25, 0.3) is 5.91 Å². The van der Waals surface area contributed by atoms with Crippen molar-refractivity contribution in [2.24, 2.45) is 11.8 Å². The van der Waals surface area contributed by atoms with Gasteiger partial charge in [0.05, 0.1) is 6.04 Å². The van der Waals surface area contributed by atoms with Crippen molar-refractivity contribution in [2.45, 2.75) is 83.4 Å². The summed E-state index contributed by atoms with van der Waals surface area (Å²) in [4.78, 5) is 39.3. The van der Waals surface area contributed by atoms with E-state index >= 15 is 0 Å². The van der Waals surface area contributed by atoms with Crippen LogP contribution in [0.4, 0.5) is 0 Å². The molecular weight excluding hydrogens is 613 g/mol. The molecule has 2 fully saturated rings. The summed E-state index contributed by atoms with van der Waals surface area (Å²) in [6.07, 6.45) is 6.25. The maximum atomic E-state index is 12.6. The molecule has 45 heavy (non-hydrogen) atoms. The lowest BCUT2D eigenvalue weighted by Gasteiger charge is -2.20. The summed E-state index contributed by atoms with van der Waals surface area (Å²) in [7, 11) is 0. The molecule has 12 heteroatoms. The molecule has 5 heterocycles. The molecule has 0 aliphatic carbocycles. The molecule has 0 aromatic carbocycles. The van der Waals surface area contributed by atoms with Gasteiger partial charge < -0.3 is 36.3 Å². The molecule has 0 radical (unpaired) electrons. The fraction of sp³-hybridized carbons (Fsp3) is 0.485. The Kier molecular flexibility index (Phi) is 9.95. The van der Waals surface area contributed by atoms with E-state index in [1.54, 1.807) is 11.5 Å². The fourth-order valence-corrected chi connectivity index (χ4v) is 7.89. The molecule has 7 N–H and O–H groups in total. The number of nitrogens with one attached hydrogen (secondary N) is 4. The third kappa shape index (κ3) is 7.07. The topological polar surface area (TPSA) is 164 Å². The Bertz CT molecular complexity index is 1550. The highest BCUT2D eigenvalue weighted by molar-refractivity contribution is 8.06. The summed E-state index contributed by atoms with van der Waals surface area (Å²) in [6.45, 7) is 7.96. The van der Waals surface area contributed by atoms with Crippen molar-refractivity contribution < 1.29 is 29.7 Å². The second kappa shape index (κ2) is 13.6. The van der Waals surface area contributed by atoms with E-state index in [0.717, 1.165) is 56.4 Å². The van der Waals surface area contributed by atoms with Crippen molar-refractivity contribution in [2.75, 3.05) is 5.75 Å². The Morgan fingerprint density at radius 2 is 1.64 bits per heavy atom. The van der Waals surface area contributed by atoms with Crippen molar-refractivity contribution >= 4 is 54.4 Å². The average molecular weight is 655 g/mol. The van der Waals surface area contributed by atoms with Gasteiger partial charge in [-0.3, -0.25) is 14.4 Å². The number of rotatable bonds is 12. The summed E-state index contributed by atoms with van der Waals surface area (Å²) in [5.74, 6) is -0.565. The molecule has 1 aromatic heterocycles. The lowest BCUT2D eigenvalue weighted by atomic mass is 9.91. The average Bonchev–Trinajstić information content (AvgIpc) is 3.56. The van der Waals surface area contributed by atoms with Crippen molar-refractivity contribution in [1.82, 2.24) is 20.9 Å². The lowest BCUT2D eigenvalue weighted by molar-refractivity contribution is -0.138. The zero-order valence-corrected chi connectivity index (χ0v) is 27.6. The number of aromatic amines is 1. The van der Waals surface area contributed by atoms with Gasteiger partial charge in [0, 0.05) is 70.1 Å². The standard InChI is InChI=1S/C33H42N4O6S2/c1-15-19(5-7-29(38)39)25(34-22(15)11-24-17(3)21(9-10-44)33(43)36-24)13-26-20(6-8-30(40)41)16(2)23(35-26)12-27-31(28-14-45-28)18(4)32(42)37-27/h9-10,12-13,18,22,24,28,31-32,34-35,37,42,44H,5-8,11,14H2,1-4H3,(H,36,43)(H,38,39)(H,40,41)/b10-9-,25-13-,27-12-/t18-,22?,24-,28+,31-,32?/m1/s1. The number of carbonyl (C=O) groups excluding carboxylic acids is 1. The molecule has 1 amide bonds. The summed E-state index contributed by atoms with van der Waals surface area (Å²) in [6, 6.07) is -0.321. The number of aliphatic hydroxyl groups excluding tert-OH is 1. The number of carboxylic acids is 2. The molecule has 2 unspecified atom stereocenters. The number of aliphatic hydroxyl groups is 1. The van der Waals surface area contributed by atoms with E-state index in [2.05, 4.69) is 40.5 Å². The predicted octanol–water partition coefficient (Wildman–Crippen LogP) is 4.11. The normalized spacial score (nSPS) is 29.7. The van der Waals surface area contributed by atoms with Gasteiger partial charge in [0.15, 0.2) is 0 Å². The third-order valence-electron chi connectivity index (χ3n) is 9.58. The second-order valence-corrected chi connectivity index (χ2v) is 13.9. The Morgan fingerprint density at radius 1 is 0.978 bits per heavy atom. The van der Waals surface area contributed by atoms with Crippen molar-refractivity contribution in [1.29, 1.82) is 0 Å². The molecule has 4 aliphatic heterocycles. The van der Waals surface area contributed by atoms with E-state index in [9.17, 15) is 29.7 Å². The number of amides is 1. The number of carboxylic acid groups (broad SMARTS) is 2.